The van der Waals surface area contributed by atoms with E-state index in [0.29, 0.717) is 29.2 Å². The minimum atomic E-state index is -0.420. The van der Waals surface area contributed by atoms with Gasteiger partial charge in [-0.05, 0) is 56.2 Å². The molecule has 31 heavy (non-hydrogen) atoms. The summed E-state index contributed by atoms with van der Waals surface area (Å²) in [6.07, 6.45) is 1.88. The van der Waals surface area contributed by atoms with Crippen molar-refractivity contribution in [2.75, 3.05) is 6.54 Å². The van der Waals surface area contributed by atoms with Gasteiger partial charge < -0.3 is 15.4 Å². The quantitative estimate of drug-likeness (QED) is 0.580. The molecule has 2 N–H and O–H groups in total. The van der Waals surface area contributed by atoms with Crippen LogP contribution in [0.4, 0.5) is 4.39 Å². The second kappa shape index (κ2) is 8.95. The van der Waals surface area contributed by atoms with Gasteiger partial charge in [0.05, 0.1) is 5.69 Å². The molecule has 1 fully saturated rings. The number of aromatic nitrogens is 3. The third-order valence-electron chi connectivity index (χ3n) is 4.77. The van der Waals surface area contributed by atoms with E-state index >= 15 is 0 Å². The van der Waals surface area contributed by atoms with Crippen molar-refractivity contribution >= 4 is 11.8 Å². The molecule has 0 aliphatic heterocycles. The first-order chi connectivity index (χ1) is 15.0. The predicted octanol–water partition coefficient (Wildman–Crippen LogP) is 2.63. The first-order valence-electron chi connectivity index (χ1n) is 10.1. The molecule has 1 aliphatic carbocycles. The van der Waals surface area contributed by atoms with Crippen molar-refractivity contribution in [3.8, 4) is 11.4 Å². The Hall–Kier alpha value is -3.75. The number of halogens is 1. The monoisotopic (exact) mass is 423 g/mol. The van der Waals surface area contributed by atoms with Gasteiger partial charge in [-0.1, -0.05) is 11.3 Å². The van der Waals surface area contributed by atoms with Gasteiger partial charge in [-0.2, -0.15) is 0 Å². The highest BCUT2D eigenvalue weighted by Gasteiger charge is 2.28. The number of amides is 2. The van der Waals surface area contributed by atoms with Crippen molar-refractivity contribution in [3.63, 3.8) is 0 Å². The van der Waals surface area contributed by atoms with Crippen molar-refractivity contribution in [1.82, 2.24) is 25.6 Å². The van der Waals surface area contributed by atoms with Crippen LogP contribution in [0.1, 0.15) is 46.3 Å². The number of hydrogen-bond acceptors (Lipinski definition) is 5. The van der Waals surface area contributed by atoms with Gasteiger partial charge in [0.1, 0.15) is 23.9 Å². The normalized spacial score (nSPS) is 13.0. The van der Waals surface area contributed by atoms with Crippen molar-refractivity contribution in [1.29, 1.82) is 0 Å². The summed E-state index contributed by atoms with van der Waals surface area (Å²) in [6, 6.07) is 12.7. The zero-order valence-electron chi connectivity index (χ0n) is 17.0. The Morgan fingerprint density at radius 3 is 2.61 bits per heavy atom. The number of carbonyl (C=O) groups excluding carboxylic acids is 2. The third-order valence-corrected chi connectivity index (χ3v) is 4.77. The zero-order valence-corrected chi connectivity index (χ0v) is 17.0. The number of hydrogen-bond donors (Lipinski definition) is 2. The molecule has 1 heterocycles. The van der Waals surface area contributed by atoms with Crippen LogP contribution in [-0.2, 0) is 6.61 Å². The highest BCUT2D eigenvalue weighted by Crippen LogP contribution is 2.22. The molecule has 2 aromatic carbocycles. The Bertz CT molecular complexity index is 1090. The first-order valence-corrected chi connectivity index (χ1v) is 10.1. The smallest absolute Gasteiger partial charge is 0.274 e. The number of nitrogens with zero attached hydrogens (tertiary/aromatic N) is 3. The number of rotatable bonds is 8. The highest BCUT2D eigenvalue weighted by atomic mass is 19.1. The van der Waals surface area contributed by atoms with Crippen LogP contribution >= 0.6 is 0 Å². The van der Waals surface area contributed by atoms with Crippen molar-refractivity contribution in [2.24, 2.45) is 0 Å². The largest absolute Gasteiger partial charge is 0.487 e. The van der Waals surface area contributed by atoms with Gasteiger partial charge in [-0.3, -0.25) is 9.59 Å². The molecule has 0 saturated heterocycles. The maximum atomic E-state index is 13.5. The van der Waals surface area contributed by atoms with Gasteiger partial charge in [-0.15, -0.1) is 5.10 Å². The average Bonchev–Trinajstić information content (AvgIpc) is 3.48. The van der Waals surface area contributed by atoms with Gasteiger partial charge in [0.2, 0.25) is 0 Å². The topological polar surface area (TPSA) is 98.1 Å². The van der Waals surface area contributed by atoms with E-state index in [1.165, 1.54) is 16.8 Å². The van der Waals surface area contributed by atoms with Crippen LogP contribution in [-0.4, -0.2) is 39.4 Å². The van der Waals surface area contributed by atoms with E-state index in [2.05, 4.69) is 20.9 Å². The molecule has 0 spiro atoms. The van der Waals surface area contributed by atoms with Crippen LogP contribution < -0.4 is 15.4 Å². The van der Waals surface area contributed by atoms with Gasteiger partial charge in [0.15, 0.2) is 5.69 Å². The molecule has 1 saturated carbocycles. The lowest BCUT2D eigenvalue weighted by Crippen LogP contribution is -2.27. The average molecular weight is 423 g/mol. The van der Waals surface area contributed by atoms with E-state index < -0.39 is 5.82 Å². The van der Waals surface area contributed by atoms with Crippen LogP contribution in [0.5, 0.6) is 5.75 Å². The van der Waals surface area contributed by atoms with Crippen LogP contribution in [0, 0.1) is 5.82 Å². The van der Waals surface area contributed by atoms with Crippen molar-refractivity contribution in [3.05, 3.63) is 71.3 Å². The van der Waals surface area contributed by atoms with E-state index in [4.69, 9.17) is 4.74 Å². The third kappa shape index (κ3) is 4.88. The predicted molar refractivity (Wildman–Crippen MR) is 111 cm³/mol. The summed E-state index contributed by atoms with van der Waals surface area (Å²) >= 11 is 0. The zero-order chi connectivity index (χ0) is 21.8. The summed E-state index contributed by atoms with van der Waals surface area (Å²) in [7, 11) is 0. The molecule has 0 atom stereocenters. The maximum Gasteiger partial charge on any atom is 0.274 e. The lowest BCUT2D eigenvalue weighted by molar-refractivity contribution is 0.0939. The molecule has 1 aromatic heterocycles. The first kappa shape index (κ1) is 20.5. The van der Waals surface area contributed by atoms with Gasteiger partial charge >= 0.3 is 0 Å². The molecular formula is C22H22FN5O3. The fourth-order valence-corrected chi connectivity index (χ4v) is 3.02. The summed E-state index contributed by atoms with van der Waals surface area (Å²) in [5, 5.41) is 13.8. The van der Waals surface area contributed by atoms with Gasteiger partial charge in [-0.25, -0.2) is 9.07 Å². The van der Waals surface area contributed by atoms with Gasteiger partial charge in [0.25, 0.3) is 11.8 Å². The van der Waals surface area contributed by atoms with E-state index in [1.54, 1.807) is 36.4 Å². The molecule has 8 nitrogen and oxygen atoms in total. The van der Waals surface area contributed by atoms with Crippen molar-refractivity contribution < 1.29 is 18.7 Å². The molecule has 0 unspecified atom stereocenters. The molecule has 4 rings (SSSR count). The SMILES string of the molecule is CCNC(=O)c1ccc(-n2nnc(C(=O)NC3CC3)c2COc2cccc(F)c2)cc1. The standard InChI is InChI=1S/C22H22FN5O3/c1-2-24-21(29)14-6-10-17(11-7-14)28-19(13-31-18-5-3-4-15(23)12-18)20(26-27-28)22(30)25-16-8-9-16/h3-7,10-12,16H,2,8-9,13H2,1H3,(H,24,29)(H,25,30). The Kier molecular flexibility index (Phi) is 5.92. The van der Waals surface area contributed by atoms with E-state index in [9.17, 15) is 14.0 Å². The molecule has 9 heteroatoms. The number of nitrogens with one attached hydrogen (secondary N) is 2. The second-order valence-corrected chi connectivity index (χ2v) is 7.20. The van der Waals surface area contributed by atoms with Crippen molar-refractivity contribution in [2.45, 2.75) is 32.4 Å². The Morgan fingerprint density at radius 2 is 1.94 bits per heavy atom. The second-order valence-electron chi connectivity index (χ2n) is 7.20. The fraction of sp³-hybridized carbons (Fsp3) is 0.273. The molecular weight excluding hydrogens is 401 g/mol. The Labute approximate surface area is 178 Å². The minimum Gasteiger partial charge on any atom is -0.487 e. The Balaban J connectivity index is 1.62. The molecule has 1 aliphatic rings. The van der Waals surface area contributed by atoms with E-state index in [-0.39, 0.29) is 30.2 Å². The number of carbonyl (C=O) groups is 2. The maximum absolute atomic E-state index is 13.5. The number of benzene rings is 2. The lowest BCUT2D eigenvalue weighted by atomic mass is 10.2. The summed E-state index contributed by atoms with van der Waals surface area (Å²) in [5.74, 6) is -0.595. The molecule has 3 aromatic rings. The summed E-state index contributed by atoms with van der Waals surface area (Å²) in [5.41, 5.74) is 1.70. The molecule has 160 valence electrons. The fourth-order valence-electron chi connectivity index (χ4n) is 3.02. The number of ether oxygens (including phenoxy) is 1. The molecule has 0 radical (unpaired) electrons. The molecule has 0 bridgehead atoms. The summed E-state index contributed by atoms with van der Waals surface area (Å²) < 4.78 is 20.7. The van der Waals surface area contributed by atoms with E-state index in [1.807, 2.05) is 6.92 Å². The van der Waals surface area contributed by atoms with Crippen LogP contribution in [0.25, 0.3) is 5.69 Å². The molecule has 2 amide bonds. The van der Waals surface area contributed by atoms with Crippen LogP contribution in [0.3, 0.4) is 0 Å². The van der Waals surface area contributed by atoms with E-state index in [0.717, 1.165) is 12.8 Å². The lowest BCUT2D eigenvalue weighted by Gasteiger charge is -2.11. The van der Waals surface area contributed by atoms with Crippen LogP contribution in [0.15, 0.2) is 48.5 Å². The summed E-state index contributed by atoms with van der Waals surface area (Å²) in [4.78, 5) is 24.6. The minimum absolute atomic E-state index is 0.0397. The summed E-state index contributed by atoms with van der Waals surface area (Å²) in [6.45, 7) is 2.34. The van der Waals surface area contributed by atoms with Gasteiger partial charge in [0, 0.05) is 24.2 Å². The highest BCUT2D eigenvalue weighted by molar-refractivity contribution is 5.94. The Morgan fingerprint density at radius 1 is 1.16 bits per heavy atom. The van der Waals surface area contributed by atoms with Crippen LogP contribution in [0.2, 0.25) is 0 Å².